The molecule has 0 radical (unpaired) electrons. The summed E-state index contributed by atoms with van der Waals surface area (Å²) in [6.45, 7) is 1.78. The summed E-state index contributed by atoms with van der Waals surface area (Å²) in [6, 6.07) is 17.9. The maximum Gasteiger partial charge on any atom is 0.311 e. The Balaban J connectivity index is 1.48. The number of nitro groups is 1. The van der Waals surface area contributed by atoms with E-state index in [9.17, 15) is 19.7 Å². The highest BCUT2D eigenvalue weighted by molar-refractivity contribution is 6.06. The number of furan rings is 1. The normalized spacial score (nSPS) is 10.6. The number of anilines is 2. The first-order valence-corrected chi connectivity index (χ1v) is 9.90. The first-order valence-electron chi connectivity index (χ1n) is 9.90. The van der Waals surface area contributed by atoms with Crippen LogP contribution in [0.5, 0.6) is 5.75 Å². The van der Waals surface area contributed by atoms with Crippen LogP contribution in [-0.2, 0) is 0 Å². The van der Waals surface area contributed by atoms with Crippen molar-refractivity contribution in [3.05, 3.63) is 93.7 Å². The number of hydrogen-bond acceptors (Lipinski definition) is 6. The Hall–Kier alpha value is -4.66. The molecule has 0 aliphatic rings. The second kappa shape index (κ2) is 8.83. The van der Waals surface area contributed by atoms with Crippen LogP contribution in [0.1, 0.15) is 26.5 Å². The molecule has 9 heteroatoms. The summed E-state index contributed by atoms with van der Waals surface area (Å²) in [5.74, 6) is -0.651. The topological polar surface area (TPSA) is 124 Å². The summed E-state index contributed by atoms with van der Waals surface area (Å²) in [4.78, 5) is 35.7. The highest BCUT2D eigenvalue weighted by Gasteiger charge is 2.19. The van der Waals surface area contributed by atoms with E-state index in [-0.39, 0.29) is 22.8 Å². The fourth-order valence-electron chi connectivity index (χ4n) is 3.34. The van der Waals surface area contributed by atoms with Gasteiger partial charge in [-0.1, -0.05) is 18.2 Å². The zero-order chi connectivity index (χ0) is 23.5. The van der Waals surface area contributed by atoms with E-state index in [1.54, 1.807) is 37.3 Å². The van der Waals surface area contributed by atoms with Gasteiger partial charge in [-0.15, -0.1) is 0 Å². The number of carbonyl (C=O) groups excluding carboxylic acids is 2. The average Bonchev–Trinajstić information content (AvgIpc) is 3.25. The van der Waals surface area contributed by atoms with Crippen LogP contribution in [-0.4, -0.2) is 23.8 Å². The van der Waals surface area contributed by atoms with Crippen LogP contribution in [0.3, 0.4) is 0 Å². The van der Waals surface area contributed by atoms with Gasteiger partial charge in [0, 0.05) is 28.4 Å². The summed E-state index contributed by atoms with van der Waals surface area (Å²) >= 11 is 0. The molecule has 2 N–H and O–H groups in total. The quantitative estimate of drug-likeness (QED) is 0.312. The number of methoxy groups -OCH3 is 1. The minimum Gasteiger partial charge on any atom is -0.490 e. The Morgan fingerprint density at radius 2 is 1.76 bits per heavy atom. The maximum atomic E-state index is 12.6. The average molecular weight is 445 g/mol. The van der Waals surface area contributed by atoms with Gasteiger partial charge in [0.15, 0.2) is 11.5 Å². The number of para-hydroxylation sites is 1. The van der Waals surface area contributed by atoms with E-state index in [2.05, 4.69) is 10.6 Å². The predicted octanol–water partition coefficient (Wildman–Crippen LogP) is 5.16. The van der Waals surface area contributed by atoms with E-state index in [1.807, 2.05) is 18.2 Å². The fraction of sp³-hybridized carbons (Fsp3) is 0.0833. The standard InChI is InChI=1S/C24H19N3O6/c1-14-11-17(25-23(28)16-7-10-21(32-2)19(12-16)27(30)31)8-9-18(14)26-24(29)22-13-15-5-3-4-6-20(15)33-22/h3-13H,1-2H3,(H,25,28)(H,26,29). The summed E-state index contributed by atoms with van der Waals surface area (Å²) in [5.41, 5.74) is 2.16. The molecule has 1 heterocycles. The minimum atomic E-state index is -0.612. The Morgan fingerprint density at radius 3 is 2.45 bits per heavy atom. The summed E-state index contributed by atoms with van der Waals surface area (Å²) < 4.78 is 10.5. The van der Waals surface area contributed by atoms with Gasteiger partial charge in [0.05, 0.1) is 12.0 Å². The van der Waals surface area contributed by atoms with Crippen molar-refractivity contribution < 1.29 is 23.7 Å². The Bertz CT molecular complexity index is 1360. The highest BCUT2D eigenvalue weighted by Crippen LogP contribution is 2.28. The number of hydrogen-bond donors (Lipinski definition) is 2. The molecular weight excluding hydrogens is 426 g/mol. The lowest BCUT2D eigenvalue weighted by Gasteiger charge is -2.11. The van der Waals surface area contributed by atoms with Gasteiger partial charge >= 0.3 is 5.69 Å². The second-order valence-corrected chi connectivity index (χ2v) is 7.23. The Kier molecular flexibility index (Phi) is 5.77. The third-order valence-corrected chi connectivity index (χ3v) is 5.02. The predicted molar refractivity (Wildman–Crippen MR) is 123 cm³/mol. The molecule has 4 rings (SSSR count). The van der Waals surface area contributed by atoms with Crippen molar-refractivity contribution in [2.24, 2.45) is 0 Å². The van der Waals surface area contributed by atoms with Crippen molar-refractivity contribution >= 4 is 39.8 Å². The van der Waals surface area contributed by atoms with Crippen molar-refractivity contribution in [3.63, 3.8) is 0 Å². The SMILES string of the molecule is COc1ccc(C(=O)Nc2ccc(NC(=O)c3cc4ccccc4o3)c(C)c2)cc1[N+](=O)[O-]. The van der Waals surface area contributed by atoms with Crippen molar-refractivity contribution in [1.29, 1.82) is 0 Å². The van der Waals surface area contributed by atoms with Gasteiger partial charge in [-0.2, -0.15) is 0 Å². The molecule has 0 saturated carbocycles. The molecule has 0 atom stereocenters. The lowest BCUT2D eigenvalue weighted by atomic mass is 10.1. The molecule has 166 valence electrons. The fourth-order valence-corrected chi connectivity index (χ4v) is 3.34. The van der Waals surface area contributed by atoms with Gasteiger partial charge in [-0.3, -0.25) is 19.7 Å². The molecular formula is C24H19N3O6. The molecule has 3 aromatic carbocycles. The first-order chi connectivity index (χ1) is 15.9. The molecule has 0 spiro atoms. The zero-order valence-corrected chi connectivity index (χ0v) is 17.7. The van der Waals surface area contributed by atoms with Crippen LogP contribution in [0.4, 0.5) is 17.1 Å². The van der Waals surface area contributed by atoms with Crippen molar-refractivity contribution in [3.8, 4) is 5.75 Å². The molecule has 1 aromatic heterocycles. The molecule has 33 heavy (non-hydrogen) atoms. The third kappa shape index (κ3) is 4.52. The number of benzene rings is 3. The number of aryl methyl sites for hydroxylation is 1. The Morgan fingerprint density at radius 1 is 0.970 bits per heavy atom. The number of nitrogens with one attached hydrogen (secondary N) is 2. The van der Waals surface area contributed by atoms with Gasteiger partial charge in [-0.25, -0.2) is 0 Å². The summed E-state index contributed by atoms with van der Waals surface area (Å²) in [5, 5.41) is 17.5. The van der Waals surface area contributed by atoms with E-state index in [0.29, 0.717) is 22.5 Å². The lowest BCUT2D eigenvalue weighted by Crippen LogP contribution is -2.14. The molecule has 9 nitrogen and oxygen atoms in total. The van der Waals surface area contributed by atoms with Gasteiger partial charge in [0.25, 0.3) is 11.8 Å². The van der Waals surface area contributed by atoms with Crippen LogP contribution < -0.4 is 15.4 Å². The summed E-state index contributed by atoms with van der Waals surface area (Å²) in [6.07, 6.45) is 0. The zero-order valence-electron chi connectivity index (χ0n) is 17.7. The van der Waals surface area contributed by atoms with E-state index in [1.165, 1.54) is 19.2 Å². The molecule has 2 amide bonds. The van der Waals surface area contributed by atoms with Crippen LogP contribution >= 0.6 is 0 Å². The number of fused-ring (bicyclic) bond motifs is 1. The maximum absolute atomic E-state index is 12.6. The number of nitrogens with zero attached hydrogens (tertiary/aromatic N) is 1. The smallest absolute Gasteiger partial charge is 0.311 e. The molecule has 4 aromatic rings. The van der Waals surface area contributed by atoms with Crippen molar-refractivity contribution in [2.45, 2.75) is 6.92 Å². The van der Waals surface area contributed by atoms with Gasteiger partial charge in [0.2, 0.25) is 0 Å². The number of ether oxygens (including phenoxy) is 1. The van der Waals surface area contributed by atoms with E-state index < -0.39 is 16.7 Å². The van der Waals surface area contributed by atoms with Crippen LogP contribution in [0.25, 0.3) is 11.0 Å². The first kappa shape index (κ1) is 21.6. The van der Waals surface area contributed by atoms with Crippen LogP contribution in [0.15, 0.2) is 71.1 Å². The highest BCUT2D eigenvalue weighted by atomic mass is 16.6. The third-order valence-electron chi connectivity index (χ3n) is 5.02. The number of carbonyl (C=O) groups is 2. The summed E-state index contributed by atoms with van der Waals surface area (Å²) in [7, 11) is 1.32. The van der Waals surface area contributed by atoms with Crippen molar-refractivity contribution in [1.82, 2.24) is 0 Å². The molecule has 0 aliphatic heterocycles. The molecule has 0 unspecified atom stereocenters. The largest absolute Gasteiger partial charge is 0.490 e. The van der Waals surface area contributed by atoms with E-state index >= 15 is 0 Å². The van der Waals surface area contributed by atoms with E-state index in [0.717, 1.165) is 11.5 Å². The minimum absolute atomic E-state index is 0.0666. The van der Waals surface area contributed by atoms with Crippen LogP contribution in [0, 0.1) is 17.0 Å². The molecule has 0 saturated heterocycles. The second-order valence-electron chi connectivity index (χ2n) is 7.23. The molecule has 0 bridgehead atoms. The molecule has 0 fully saturated rings. The lowest BCUT2D eigenvalue weighted by molar-refractivity contribution is -0.385. The number of amides is 2. The van der Waals surface area contributed by atoms with Gasteiger partial charge < -0.3 is 19.8 Å². The van der Waals surface area contributed by atoms with E-state index in [4.69, 9.17) is 9.15 Å². The van der Waals surface area contributed by atoms with Crippen LogP contribution in [0.2, 0.25) is 0 Å². The molecule has 0 aliphatic carbocycles. The van der Waals surface area contributed by atoms with Gasteiger partial charge in [0.1, 0.15) is 5.58 Å². The Labute approximate surface area is 188 Å². The number of nitro benzene ring substituents is 1. The monoisotopic (exact) mass is 445 g/mol. The van der Waals surface area contributed by atoms with Crippen molar-refractivity contribution in [2.75, 3.05) is 17.7 Å². The van der Waals surface area contributed by atoms with Gasteiger partial charge in [-0.05, 0) is 55.0 Å². The number of rotatable bonds is 6.